The van der Waals surface area contributed by atoms with Crippen molar-refractivity contribution in [2.45, 2.75) is 33.6 Å². The highest BCUT2D eigenvalue weighted by atomic mass is 32.1. The number of benzene rings is 1. The molecule has 2 aromatic rings. The molecule has 0 radical (unpaired) electrons. The summed E-state index contributed by atoms with van der Waals surface area (Å²) in [5, 5.41) is 12.7. The number of nitriles is 1. The molecule has 5 heteroatoms. The van der Waals surface area contributed by atoms with Crippen molar-refractivity contribution in [1.29, 1.82) is 5.26 Å². The first-order valence-corrected chi connectivity index (χ1v) is 8.42. The SMILES string of the molecule is CCCCOc1ccc(C(=O)Nc2sc(C)c(C)c2C#N)cc1. The normalized spacial score (nSPS) is 10.2. The van der Waals surface area contributed by atoms with Gasteiger partial charge >= 0.3 is 0 Å². The van der Waals surface area contributed by atoms with Gasteiger partial charge in [0.1, 0.15) is 16.8 Å². The number of unbranched alkanes of at least 4 members (excludes halogenated alkanes) is 1. The van der Waals surface area contributed by atoms with Crippen LogP contribution in [0.2, 0.25) is 0 Å². The summed E-state index contributed by atoms with van der Waals surface area (Å²) in [6, 6.07) is 9.20. The van der Waals surface area contributed by atoms with Crippen LogP contribution in [0.25, 0.3) is 0 Å². The van der Waals surface area contributed by atoms with Crippen molar-refractivity contribution < 1.29 is 9.53 Å². The fourth-order valence-electron chi connectivity index (χ4n) is 2.06. The fourth-order valence-corrected chi connectivity index (χ4v) is 3.07. The van der Waals surface area contributed by atoms with E-state index in [0.29, 0.717) is 22.7 Å². The molecule has 4 nitrogen and oxygen atoms in total. The van der Waals surface area contributed by atoms with Gasteiger partial charge in [0.05, 0.1) is 12.2 Å². The maximum absolute atomic E-state index is 12.3. The summed E-state index contributed by atoms with van der Waals surface area (Å²) in [5.41, 5.74) is 2.01. The van der Waals surface area contributed by atoms with Gasteiger partial charge in [0.25, 0.3) is 5.91 Å². The first-order valence-electron chi connectivity index (χ1n) is 7.61. The van der Waals surface area contributed by atoms with Crippen molar-refractivity contribution >= 4 is 22.2 Å². The van der Waals surface area contributed by atoms with E-state index in [-0.39, 0.29) is 5.91 Å². The molecule has 0 aliphatic heterocycles. The van der Waals surface area contributed by atoms with E-state index < -0.39 is 0 Å². The lowest BCUT2D eigenvalue weighted by atomic mass is 10.1. The maximum Gasteiger partial charge on any atom is 0.256 e. The van der Waals surface area contributed by atoms with Crippen LogP contribution in [0.5, 0.6) is 5.75 Å². The summed E-state index contributed by atoms with van der Waals surface area (Å²) < 4.78 is 5.58. The highest BCUT2D eigenvalue weighted by Crippen LogP contribution is 2.32. The van der Waals surface area contributed by atoms with Crippen LogP contribution < -0.4 is 10.1 Å². The number of rotatable bonds is 6. The minimum atomic E-state index is -0.220. The number of carbonyl (C=O) groups is 1. The second kappa shape index (κ2) is 7.80. The second-order valence-electron chi connectivity index (χ2n) is 5.28. The lowest BCUT2D eigenvalue weighted by molar-refractivity contribution is 0.102. The number of aryl methyl sites for hydroxylation is 1. The molecule has 1 aromatic carbocycles. The number of hydrogen-bond donors (Lipinski definition) is 1. The Labute approximate surface area is 140 Å². The zero-order chi connectivity index (χ0) is 16.8. The Morgan fingerprint density at radius 3 is 2.61 bits per heavy atom. The van der Waals surface area contributed by atoms with E-state index in [2.05, 4.69) is 18.3 Å². The van der Waals surface area contributed by atoms with Crippen molar-refractivity contribution in [3.8, 4) is 11.8 Å². The Bertz CT molecular complexity index is 727. The quantitative estimate of drug-likeness (QED) is 0.784. The predicted octanol–water partition coefficient (Wildman–Crippen LogP) is 4.67. The van der Waals surface area contributed by atoms with Crippen LogP contribution in [0.3, 0.4) is 0 Å². The fraction of sp³-hybridized carbons (Fsp3) is 0.333. The van der Waals surface area contributed by atoms with Crippen LogP contribution in [0.1, 0.15) is 46.1 Å². The molecule has 1 N–H and O–H groups in total. The molecule has 1 amide bonds. The van der Waals surface area contributed by atoms with Crippen LogP contribution in [0, 0.1) is 25.2 Å². The Morgan fingerprint density at radius 1 is 1.30 bits per heavy atom. The van der Waals surface area contributed by atoms with Gasteiger partial charge in [0, 0.05) is 10.4 Å². The lowest BCUT2D eigenvalue weighted by Crippen LogP contribution is -2.11. The van der Waals surface area contributed by atoms with Gasteiger partial charge in [-0.25, -0.2) is 0 Å². The third kappa shape index (κ3) is 4.11. The topological polar surface area (TPSA) is 62.1 Å². The van der Waals surface area contributed by atoms with Gasteiger partial charge in [-0.05, 0) is 50.1 Å². The predicted molar refractivity (Wildman–Crippen MR) is 93.3 cm³/mol. The van der Waals surface area contributed by atoms with E-state index in [1.54, 1.807) is 24.3 Å². The third-order valence-electron chi connectivity index (χ3n) is 3.61. The van der Waals surface area contributed by atoms with Gasteiger partial charge in [-0.1, -0.05) is 13.3 Å². The van der Waals surface area contributed by atoms with Crippen molar-refractivity contribution in [1.82, 2.24) is 0 Å². The van der Waals surface area contributed by atoms with Gasteiger partial charge in [-0.2, -0.15) is 5.26 Å². The van der Waals surface area contributed by atoms with Crippen LogP contribution in [0.4, 0.5) is 5.00 Å². The second-order valence-corrected chi connectivity index (χ2v) is 6.50. The zero-order valence-electron chi connectivity index (χ0n) is 13.6. The molecule has 0 aliphatic rings. The molecule has 0 aliphatic carbocycles. The summed E-state index contributed by atoms with van der Waals surface area (Å²) in [6.45, 7) is 6.63. The van der Waals surface area contributed by atoms with Gasteiger partial charge < -0.3 is 10.1 Å². The summed E-state index contributed by atoms with van der Waals surface area (Å²) in [6.07, 6.45) is 2.09. The maximum atomic E-state index is 12.3. The Morgan fingerprint density at radius 2 is 2.00 bits per heavy atom. The van der Waals surface area contributed by atoms with Crippen molar-refractivity contribution in [2.24, 2.45) is 0 Å². The van der Waals surface area contributed by atoms with E-state index in [9.17, 15) is 10.1 Å². The highest BCUT2D eigenvalue weighted by Gasteiger charge is 2.15. The molecule has 0 bridgehead atoms. The summed E-state index contributed by atoms with van der Waals surface area (Å²) in [7, 11) is 0. The van der Waals surface area contributed by atoms with Crippen molar-refractivity contribution in [2.75, 3.05) is 11.9 Å². The monoisotopic (exact) mass is 328 g/mol. The van der Waals surface area contributed by atoms with Gasteiger partial charge in [-0.3, -0.25) is 4.79 Å². The van der Waals surface area contributed by atoms with E-state index in [0.717, 1.165) is 29.0 Å². The van der Waals surface area contributed by atoms with Gasteiger partial charge in [0.15, 0.2) is 0 Å². The van der Waals surface area contributed by atoms with Crippen molar-refractivity contribution in [3.05, 3.63) is 45.8 Å². The molecule has 0 atom stereocenters. The number of anilines is 1. The molecular formula is C18H20N2O2S. The number of thiophene rings is 1. The first-order chi connectivity index (χ1) is 11.1. The summed E-state index contributed by atoms with van der Waals surface area (Å²) in [5.74, 6) is 0.540. The van der Waals surface area contributed by atoms with Crippen LogP contribution >= 0.6 is 11.3 Å². The minimum Gasteiger partial charge on any atom is -0.494 e. The third-order valence-corrected chi connectivity index (χ3v) is 4.73. The summed E-state index contributed by atoms with van der Waals surface area (Å²) >= 11 is 1.43. The molecule has 1 heterocycles. The number of amides is 1. The van der Waals surface area contributed by atoms with Crippen LogP contribution in [-0.2, 0) is 0 Å². The van der Waals surface area contributed by atoms with E-state index in [1.165, 1.54) is 11.3 Å². The first kappa shape index (κ1) is 17.0. The zero-order valence-corrected chi connectivity index (χ0v) is 14.4. The highest BCUT2D eigenvalue weighted by molar-refractivity contribution is 7.16. The Hall–Kier alpha value is -2.32. The molecular weight excluding hydrogens is 308 g/mol. The number of nitrogens with one attached hydrogen (secondary N) is 1. The molecule has 0 saturated heterocycles. The van der Waals surface area contributed by atoms with E-state index >= 15 is 0 Å². The molecule has 0 spiro atoms. The molecule has 0 unspecified atom stereocenters. The average Bonchev–Trinajstić information content (AvgIpc) is 2.82. The Kier molecular flexibility index (Phi) is 5.78. The molecule has 2 rings (SSSR count). The summed E-state index contributed by atoms with van der Waals surface area (Å²) in [4.78, 5) is 13.4. The van der Waals surface area contributed by atoms with Gasteiger partial charge in [0.2, 0.25) is 0 Å². The Balaban J connectivity index is 2.07. The number of hydrogen-bond acceptors (Lipinski definition) is 4. The lowest BCUT2D eigenvalue weighted by Gasteiger charge is -2.07. The molecule has 23 heavy (non-hydrogen) atoms. The van der Waals surface area contributed by atoms with Crippen LogP contribution in [-0.4, -0.2) is 12.5 Å². The number of ether oxygens (including phenoxy) is 1. The van der Waals surface area contributed by atoms with Crippen molar-refractivity contribution in [3.63, 3.8) is 0 Å². The standard InChI is InChI=1S/C18H20N2O2S/c1-4-5-10-22-15-8-6-14(7-9-15)17(21)20-18-16(11-19)12(2)13(3)23-18/h6-9H,4-5,10H2,1-3H3,(H,20,21). The number of nitrogens with zero attached hydrogens (tertiary/aromatic N) is 1. The largest absolute Gasteiger partial charge is 0.494 e. The van der Waals surface area contributed by atoms with Crippen LogP contribution in [0.15, 0.2) is 24.3 Å². The molecule has 0 saturated carbocycles. The van der Waals surface area contributed by atoms with E-state index in [1.807, 2.05) is 13.8 Å². The molecule has 1 aromatic heterocycles. The average molecular weight is 328 g/mol. The molecule has 0 fully saturated rings. The molecule has 120 valence electrons. The van der Waals surface area contributed by atoms with E-state index in [4.69, 9.17) is 4.74 Å². The minimum absolute atomic E-state index is 0.220. The number of carbonyl (C=O) groups excluding carboxylic acids is 1. The smallest absolute Gasteiger partial charge is 0.256 e. The van der Waals surface area contributed by atoms with Gasteiger partial charge in [-0.15, -0.1) is 11.3 Å².